The first-order valence-electron chi connectivity index (χ1n) is 5.69. The molecule has 0 radical (unpaired) electrons. The molecule has 2 aromatic heterocycles. The van der Waals surface area contributed by atoms with Gasteiger partial charge in [-0.15, -0.1) is 0 Å². The Morgan fingerprint density at radius 1 is 1.28 bits per heavy atom. The number of anilines is 1. The van der Waals surface area contributed by atoms with Gasteiger partial charge in [0, 0.05) is 18.8 Å². The lowest BCUT2D eigenvalue weighted by Crippen LogP contribution is -2.12. The van der Waals surface area contributed by atoms with Gasteiger partial charge in [0.1, 0.15) is 5.82 Å². The molecule has 2 aromatic rings. The number of rotatable bonds is 4. The van der Waals surface area contributed by atoms with Gasteiger partial charge in [-0.05, 0) is 25.5 Å². The molecule has 0 fully saturated rings. The molecule has 0 saturated carbocycles. The number of pyridine rings is 1. The summed E-state index contributed by atoms with van der Waals surface area (Å²) in [6.07, 6.45) is 4.04. The van der Waals surface area contributed by atoms with Crippen molar-refractivity contribution in [2.75, 3.05) is 5.73 Å². The molecule has 94 valence electrons. The van der Waals surface area contributed by atoms with E-state index in [9.17, 15) is 0 Å². The standard InChI is InChI=1S/C12H15N5O/c1-8(2)18-12-16-10(15-11(13)17-12)6-9-4-3-5-14-7-9/h3-5,7-8H,6H2,1-2H3,(H2,13,15,16,17). The molecular weight excluding hydrogens is 230 g/mol. The fraction of sp³-hybridized carbons (Fsp3) is 0.333. The Balaban J connectivity index is 2.20. The quantitative estimate of drug-likeness (QED) is 0.871. The molecule has 0 aliphatic carbocycles. The average molecular weight is 245 g/mol. The van der Waals surface area contributed by atoms with Gasteiger partial charge in [0.15, 0.2) is 0 Å². The van der Waals surface area contributed by atoms with E-state index in [0.717, 1.165) is 5.56 Å². The minimum Gasteiger partial charge on any atom is -0.461 e. The third kappa shape index (κ3) is 3.38. The Kier molecular flexibility index (Phi) is 3.66. The summed E-state index contributed by atoms with van der Waals surface area (Å²) in [4.78, 5) is 16.3. The highest BCUT2D eigenvalue weighted by molar-refractivity contribution is 5.22. The summed E-state index contributed by atoms with van der Waals surface area (Å²) in [7, 11) is 0. The summed E-state index contributed by atoms with van der Waals surface area (Å²) < 4.78 is 5.42. The Hall–Kier alpha value is -2.24. The lowest BCUT2D eigenvalue weighted by Gasteiger charge is -2.08. The van der Waals surface area contributed by atoms with E-state index in [1.165, 1.54) is 0 Å². The predicted octanol–water partition coefficient (Wildman–Crippen LogP) is 1.23. The van der Waals surface area contributed by atoms with Crippen molar-refractivity contribution in [1.29, 1.82) is 0 Å². The van der Waals surface area contributed by atoms with Crippen LogP contribution in [0.2, 0.25) is 0 Å². The molecular formula is C12H15N5O. The zero-order valence-corrected chi connectivity index (χ0v) is 10.4. The third-order valence-corrected chi connectivity index (χ3v) is 2.10. The van der Waals surface area contributed by atoms with Crippen molar-refractivity contribution in [3.63, 3.8) is 0 Å². The Bertz CT molecular complexity index is 515. The zero-order chi connectivity index (χ0) is 13.0. The maximum atomic E-state index is 5.63. The summed E-state index contributed by atoms with van der Waals surface area (Å²) in [5, 5.41) is 0. The first-order valence-corrected chi connectivity index (χ1v) is 5.69. The maximum absolute atomic E-state index is 5.63. The maximum Gasteiger partial charge on any atom is 0.321 e. The van der Waals surface area contributed by atoms with Crippen molar-refractivity contribution in [3.8, 4) is 6.01 Å². The second kappa shape index (κ2) is 5.39. The fourth-order valence-electron chi connectivity index (χ4n) is 1.44. The molecule has 0 aromatic carbocycles. The van der Waals surface area contributed by atoms with Crippen LogP contribution in [0.4, 0.5) is 5.95 Å². The highest BCUT2D eigenvalue weighted by Gasteiger charge is 2.07. The number of aromatic nitrogens is 4. The molecule has 0 amide bonds. The van der Waals surface area contributed by atoms with Crippen LogP contribution in [0.1, 0.15) is 25.2 Å². The van der Waals surface area contributed by atoms with E-state index in [0.29, 0.717) is 12.2 Å². The molecule has 2 rings (SSSR count). The minimum atomic E-state index is -0.00181. The van der Waals surface area contributed by atoms with Gasteiger partial charge in [-0.2, -0.15) is 15.0 Å². The van der Waals surface area contributed by atoms with Gasteiger partial charge in [0.2, 0.25) is 5.95 Å². The van der Waals surface area contributed by atoms with Crippen molar-refractivity contribution in [2.45, 2.75) is 26.4 Å². The molecule has 18 heavy (non-hydrogen) atoms. The van der Waals surface area contributed by atoms with Gasteiger partial charge in [0.05, 0.1) is 6.10 Å². The second-order valence-corrected chi connectivity index (χ2v) is 4.10. The van der Waals surface area contributed by atoms with Gasteiger partial charge in [-0.1, -0.05) is 6.07 Å². The van der Waals surface area contributed by atoms with Crippen molar-refractivity contribution in [3.05, 3.63) is 35.9 Å². The Morgan fingerprint density at radius 2 is 2.11 bits per heavy atom. The molecule has 0 aliphatic rings. The summed E-state index contributed by atoms with van der Waals surface area (Å²) >= 11 is 0. The van der Waals surface area contributed by atoms with E-state index in [1.54, 1.807) is 12.4 Å². The highest BCUT2D eigenvalue weighted by Crippen LogP contribution is 2.10. The van der Waals surface area contributed by atoms with Crippen LogP contribution in [0.15, 0.2) is 24.5 Å². The van der Waals surface area contributed by atoms with Crippen LogP contribution in [-0.2, 0) is 6.42 Å². The van der Waals surface area contributed by atoms with E-state index in [1.807, 2.05) is 26.0 Å². The summed E-state index contributed by atoms with van der Waals surface area (Å²) in [6.45, 7) is 3.81. The lowest BCUT2D eigenvalue weighted by atomic mass is 10.2. The molecule has 0 aliphatic heterocycles. The molecule has 0 bridgehead atoms. The van der Waals surface area contributed by atoms with E-state index in [-0.39, 0.29) is 18.1 Å². The van der Waals surface area contributed by atoms with E-state index in [4.69, 9.17) is 10.5 Å². The van der Waals surface area contributed by atoms with E-state index < -0.39 is 0 Å². The Labute approximate surface area is 105 Å². The predicted molar refractivity (Wildman–Crippen MR) is 67.0 cm³/mol. The van der Waals surface area contributed by atoms with Crippen molar-refractivity contribution in [2.24, 2.45) is 0 Å². The molecule has 6 nitrogen and oxygen atoms in total. The lowest BCUT2D eigenvalue weighted by molar-refractivity contribution is 0.221. The third-order valence-electron chi connectivity index (χ3n) is 2.10. The van der Waals surface area contributed by atoms with Crippen molar-refractivity contribution < 1.29 is 4.74 Å². The number of ether oxygens (including phenoxy) is 1. The second-order valence-electron chi connectivity index (χ2n) is 4.10. The number of nitrogens with two attached hydrogens (primary N) is 1. The molecule has 0 atom stereocenters. The first kappa shape index (κ1) is 12.2. The van der Waals surface area contributed by atoms with Crippen LogP contribution in [0.3, 0.4) is 0 Å². The largest absolute Gasteiger partial charge is 0.461 e. The molecule has 0 saturated heterocycles. The van der Waals surface area contributed by atoms with Crippen molar-refractivity contribution >= 4 is 5.95 Å². The summed E-state index contributed by atoms with van der Waals surface area (Å²) in [6, 6.07) is 4.08. The molecule has 2 heterocycles. The van der Waals surface area contributed by atoms with Crippen LogP contribution in [0.5, 0.6) is 6.01 Å². The monoisotopic (exact) mass is 245 g/mol. The Morgan fingerprint density at radius 3 is 2.78 bits per heavy atom. The zero-order valence-electron chi connectivity index (χ0n) is 10.4. The smallest absolute Gasteiger partial charge is 0.321 e. The first-order chi connectivity index (χ1) is 8.63. The summed E-state index contributed by atoms with van der Waals surface area (Å²) in [5.41, 5.74) is 6.64. The number of hydrogen-bond acceptors (Lipinski definition) is 6. The van der Waals surface area contributed by atoms with E-state index in [2.05, 4.69) is 19.9 Å². The number of nitrogens with zero attached hydrogens (tertiary/aromatic N) is 4. The molecule has 0 spiro atoms. The van der Waals surface area contributed by atoms with Gasteiger partial charge in [-0.3, -0.25) is 4.98 Å². The molecule has 6 heteroatoms. The SMILES string of the molecule is CC(C)Oc1nc(N)nc(Cc2cccnc2)n1. The molecule has 2 N–H and O–H groups in total. The van der Waals surface area contributed by atoms with Gasteiger partial charge < -0.3 is 10.5 Å². The van der Waals surface area contributed by atoms with Crippen LogP contribution in [0, 0.1) is 0 Å². The van der Waals surface area contributed by atoms with Crippen LogP contribution < -0.4 is 10.5 Å². The van der Waals surface area contributed by atoms with E-state index >= 15 is 0 Å². The normalized spacial score (nSPS) is 10.6. The van der Waals surface area contributed by atoms with Crippen molar-refractivity contribution in [1.82, 2.24) is 19.9 Å². The van der Waals surface area contributed by atoms with Crippen LogP contribution in [0.25, 0.3) is 0 Å². The van der Waals surface area contributed by atoms with Gasteiger partial charge >= 0.3 is 6.01 Å². The topological polar surface area (TPSA) is 86.8 Å². The fourth-order valence-corrected chi connectivity index (χ4v) is 1.44. The van der Waals surface area contributed by atoms with Crippen LogP contribution >= 0.6 is 0 Å². The van der Waals surface area contributed by atoms with Gasteiger partial charge in [-0.25, -0.2) is 0 Å². The van der Waals surface area contributed by atoms with Crippen LogP contribution in [-0.4, -0.2) is 26.0 Å². The highest BCUT2D eigenvalue weighted by atomic mass is 16.5. The minimum absolute atomic E-state index is 0.00181. The number of nitrogen functional groups attached to an aromatic ring is 1. The molecule has 0 unspecified atom stereocenters. The number of hydrogen-bond donors (Lipinski definition) is 1. The average Bonchev–Trinajstić information content (AvgIpc) is 2.28. The summed E-state index contributed by atoms with van der Waals surface area (Å²) in [5.74, 6) is 0.741. The van der Waals surface area contributed by atoms with Gasteiger partial charge in [0.25, 0.3) is 0 Å².